The van der Waals surface area contributed by atoms with E-state index in [1.807, 2.05) is 0 Å². The van der Waals surface area contributed by atoms with Crippen molar-refractivity contribution < 1.29 is 19.7 Å². The molecule has 64 valence electrons. The van der Waals surface area contributed by atoms with Crippen molar-refractivity contribution in [3.63, 3.8) is 0 Å². The molecule has 1 saturated heterocycles. The molecule has 3 atom stereocenters. The van der Waals surface area contributed by atoms with Crippen LogP contribution in [0.3, 0.4) is 0 Å². The summed E-state index contributed by atoms with van der Waals surface area (Å²) in [5.41, 5.74) is -1.10. The van der Waals surface area contributed by atoms with Crippen LogP contribution in [0, 0.1) is 5.92 Å². The minimum Gasteiger partial charge on any atom is -0.454 e. The van der Waals surface area contributed by atoms with Crippen molar-refractivity contribution in [2.75, 3.05) is 6.61 Å². The number of rotatable bonds is 1. The quantitative estimate of drug-likeness (QED) is 0.497. The van der Waals surface area contributed by atoms with Gasteiger partial charge in [-0.1, -0.05) is 0 Å². The molecule has 0 unspecified atom stereocenters. The first-order chi connectivity index (χ1) is 5.01. The van der Waals surface area contributed by atoms with E-state index in [1.165, 1.54) is 6.92 Å². The Balaban J connectivity index is 2.82. The summed E-state index contributed by atoms with van der Waals surface area (Å²) in [6.45, 7) is 2.75. The van der Waals surface area contributed by atoms with E-state index in [0.717, 1.165) is 0 Å². The lowest BCUT2D eigenvalue weighted by molar-refractivity contribution is -0.154. The van der Waals surface area contributed by atoms with E-state index < -0.39 is 23.6 Å². The van der Waals surface area contributed by atoms with Crippen LogP contribution in [0.15, 0.2) is 0 Å². The molecule has 0 aromatic carbocycles. The zero-order valence-electron chi connectivity index (χ0n) is 6.57. The number of hydrogen-bond donors (Lipinski definition) is 2. The molecule has 0 amide bonds. The van der Waals surface area contributed by atoms with E-state index in [0.29, 0.717) is 0 Å². The second-order valence-corrected chi connectivity index (χ2v) is 3.13. The number of carbonyl (C=O) groups excluding carboxylic acids is 1. The molecule has 1 aliphatic rings. The summed E-state index contributed by atoms with van der Waals surface area (Å²) in [6.07, 6.45) is -0.903. The smallest absolute Gasteiger partial charge is 0.312 e. The summed E-state index contributed by atoms with van der Waals surface area (Å²) in [5.74, 6) is -0.985. The summed E-state index contributed by atoms with van der Waals surface area (Å²) in [5, 5.41) is 18.2. The lowest BCUT2D eigenvalue weighted by Crippen LogP contribution is -2.41. The van der Waals surface area contributed by atoms with Crippen molar-refractivity contribution in [2.45, 2.75) is 25.6 Å². The highest BCUT2D eigenvalue weighted by Crippen LogP contribution is 2.30. The van der Waals surface area contributed by atoms with Crippen LogP contribution in [0.25, 0.3) is 0 Å². The molecule has 1 heterocycles. The first kappa shape index (κ1) is 8.49. The van der Waals surface area contributed by atoms with Crippen LogP contribution in [0.4, 0.5) is 0 Å². The molecular weight excluding hydrogens is 148 g/mol. The van der Waals surface area contributed by atoms with Crippen molar-refractivity contribution in [2.24, 2.45) is 5.92 Å². The van der Waals surface area contributed by atoms with Crippen molar-refractivity contribution >= 4 is 5.97 Å². The van der Waals surface area contributed by atoms with Gasteiger partial charge in [-0.25, -0.2) is 0 Å². The molecule has 0 aliphatic carbocycles. The predicted molar refractivity (Wildman–Crippen MR) is 36.8 cm³/mol. The van der Waals surface area contributed by atoms with Gasteiger partial charge in [0, 0.05) is 0 Å². The fourth-order valence-corrected chi connectivity index (χ4v) is 1.17. The lowest BCUT2D eigenvalue weighted by Gasteiger charge is -2.23. The SMILES string of the molecule is C[C@H]1C(=O)O[C@](C)(CO)[C@@H]1O. The Morgan fingerprint density at radius 1 is 1.73 bits per heavy atom. The predicted octanol–water partition coefficient (Wildman–Crippen LogP) is -0.709. The minimum atomic E-state index is -1.10. The fraction of sp³-hybridized carbons (Fsp3) is 0.857. The van der Waals surface area contributed by atoms with Crippen molar-refractivity contribution in [3.05, 3.63) is 0 Å². The number of esters is 1. The fourth-order valence-electron chi connectivity index (χ4n) is 1.17. The second kappa shape index (κ2) is 2.46. The van der Waals surface area contributed by atoms with Crippen molar-refractivity contribution in [1.82, 2.24) is 0 Å². The molecule has 1 aliphatic heterocycles. The van der Waals surface area contributed by atoms with E-state index in [2.05, 4.69) is 0 Å². The molecule has 1 fully saturated rings. The summed E-state index contributed by atoms with van der Waals surface area (Å²) in [6, 6.07) is 0. The molecule has 0 aromatic rings. The Hall–Kier alpha value is -0.610. The molecule has 2 N–H and O–H groups in total. The zero-order chi connectivity index (χ0) is 8.65. The Labute approximate surface area is 64.8 Å². The highest BCUT2D eigenvalue weighted by atomic mass is 16.6. The summed E-state index contributed by atoms with van der Waals surface area (Å²) in [7, 11) is 0. The van der Waals surface area contributed by atoms with Gasteiger partial charge in [-0.05, 0) is 13.8 Å². The molecule has 0 saturated carbocycles. The average Bonchev–Trinajstić information content (AvgIpc) is 2.17. The van der Waals surface area contributed by atoms with Gasteiger partial charge < -0.3 is 14.9 Å². The topological polar surface area (TPSA) is 66.8 Å². The summed E-state index contributed by atoms with van der Waals surface area (Å²) >= 11 is 0. The maximum atomic E-state index is 10.9. The van der Waals surface area contributed by atoms with Gasteiger partial charge in [0.25, 0.3) is 0 Å². The first-order valence-corrected chi connectivity index (χ1v) is 3.53. The second-order valence-electron chi connectivity index (χ2n) is 3.13. The number of aliphatic hydroxyl groups excluding tert-OH is 2. The monoisotopic (exact) mass is 160 g/mol. The molecule has 0 spiro atoms. The van der Waals surface area contributed by atoms with Gasteiger partial charge in [0.05, 0.1) is 12.5 Å². The number of carbonyl (C=O) groups is 1. The average molecular weight is 160 g/mol. The van der Waals surface area contributed by atoms with Gasteiger partial charge in [-0.15, -0.1) is 0 Å². The van der Waals surface area contributed by atoms with Crippen molar-refractivity contribution in [1.29, 1.82) is 0 Å². The third-order valence-corrected chi connectivity index (χ3v) is 2.12. The molecule has 0 aromatic heterocycles. The van der Waals surface area contributed by atoms with Crippen LogP contribution in [0.5, 0.6) is 0 Å². The van der Waals surface area contributed by atoms with Gasteiger partial charge in [0.1, 0.15) is 6.10 Å². The van der Waals surface area contributed by atoms with Crippen LogP contribution < -0.4 is 0 Å². The van der Waals surface area contributed by atoms with E-state index in [-0.39, 0.29) is 6.61 Å². The highest BCUT2D eigenvalue weighted by Gasteiger charge is 2.49. The molecule has 11 heavy (non-hydrogen) atoms. The van der Waals surface area contributed by atoms with Gasteiger partial charge >= 0.3 is 5.97 Å². The van der Waals surface area contributed by atoms with Crippen LogP contribution in [-0.4, -0.2) is 34.5 Å². The normalized spacial score (nSPS) is 44.2. The van der Waals surface area contributed by atoms with Crippen LogP contribution >= 0.6 is 0 Å². The van der Waals surface area contributed by atoms with Gasteiger partial charge in [-0.3, -0.25) is 4.79 Å². The standard InChI is InChI=1S/C7H12O4/c1-4-5(9)7(2,3-8)11-6(4)10/h4-5,8-9H,3H2,1-2H3/t4-,5-,7-/m1/s1. The molecule has 4 heteroatoms. The third-order valence-electron chi connectivity index (χ3n) is 2.12. The lowest BCUT2D eigenvalue weighted by atomic mass is 9.94. The minimum absolute atomic E-state index is 0.343. The number of ether oxygens (including phenoxy) is 1. The number of aliphatic hydroxyl groups is 2. The summed E-state index contributed by atoms with van der Waals surface area (Å²) in [4.78, 5) is 10.9. The zero-order valence-corrected chi connectivity index (χ0v) is 6.57. The van der Waals surface area contributed by atoms with Gasteiger partial charge in [0.2, 0.25) is 0 Å². The van der Waals surface area contributed by atoms with E-state index in [1.54, 1.807) is 6.92 Å². The number of hydrogen-bond acceptors (Lipinski definition) is 4. The maximum Gasteiger partial charge on any atom is 0.312 e. The highest BCUT2D eigenvalue weighted by molar-refractivity contribution is 5.76. The summed E-state index contributed by atoms with van der Waals surface area (Å²) < 4.78 is 4.78. The molecule has 4 nitrogen and oxygen atoms in total. The molecule has 0 bridgehead atoms. The van der Waals surface area contributed by atoms with Crippen LogP contribution in [-0.2, 0) is 9.53 Å². The van der Waals surface area contributed by atoms with E-state index >= 15 is 0 Å². The Bertz CT molecular complexity index is 179. The van der Waals surface area contributed by atoms with E-state index in [4.69, 9.17) is 9.84 Å². The molecule has 1 rings (SSSR count). The first-order valence-electron chi connectivity index (χ1n) is 3.53. The van der Waals surface area contributed by atoms with Crippen LogP contribution in [0.1, 0.15) is 13.8 Å². The van der Waals surface area contributed by atoms with E-state index in [9.17, 15) is 9.90 Å². The number of cyclic esters (lactones) is 1. The molecular formula is C7H12O4. The largest absolute Gasteiger partial charge is 0.454 e. The van der Waals surface area contributed by atoms with Crippen molar-refractivity contribution in [3.8, 4) is 0 Å². The van der Waals surface area contributed by atoms with Gasteiger partial charge in [0.15, 0.2) is 5.60 Å². The molecule has 0 radical (unpaired) electrons. The van der Waals surface area contributed by atoms with Gasteiger partial charge in [-0.2, -0.15) is 0 Å². The Kier molecular flexibility index (Phi) is 1.90. The maximum absolute atomic E-state index is 10.9. The Morgan fingerprint density at radius 2 is 2.27 bits per heavy atom. The Morgan fingerprint density at radius 3 is 2.45 bits per heavy atom. The van der Waals surface area contributed by atoms with Crippen LogP contribution in [0.2, 0.25) is 0 Å². The third kappa shape index (κ3) is 1.12.